The zero-order valence-corrected chi connectivity index (χ0v) is 19.8. The molecule has 0 aliphatic carbocycles. The summed E-state index contributed by atoms with van der Waals surface area (Å²) >= 11 is 25.4. The highest BCUT2D eigenvalue weighted by molar-refractivity contribution is 7.99. The normalized spacial score (nSPS) is 10.7. The Hall–Kier alpha value is -1.90. The van der Waals surface area contributed by atoms with E-state index in [1.807, 2.05) is 0 Å². The number of amides is 1. The predicted octanol–water partition coefficient (Wildman–Crippen LogP) is 6.39. The van der Waals surface area contributed by atoms with Gasteiger partial charge in [-0.25, -0.2) is 0 Å². The van der Waals surface area contributed by atoms with Crippen molar-refractivity contribution in [3.05, 3.63) is 75.0 Å². The summed E-state index contributed by atoms with van der Waals surface area (Å²) in [4.78, 5) is 12.4. The van der Waals surface area contributed by atoms with Crippen LogP contribution in [0, 0.1) is 0 Å². The van der Waals surface area contributed by atoms with E-state index in [4.69, 9.17) is 51.1 Å². The number of allylic oxidation sites excluding steroid dienone is 1. The molecule has 0 unspecified atom stereocenters. The second kappa shape index (κ2) is 11.1. The van der Waals surface area contributed by atoms with Gasteiger partial charge in [-0.05, 0) is 30.3 Å². The minimum absolute atomic E-state index is 0.0840. The molecule has 0 radical (unpaired) electrons. The molecule has 162 valence electrons. The van der Waals surface area contributed by atoms with Gasteiger partial charge < -0.3 is 10.1 Å². The van der Waals surface area contributed by atoms with Crippen molar-refractivity contribution in [2.45, 2.75) is 18.3 Å². The van der Waals surface area contributed by atoms with Crippen LogP contribution in [0.3, 0.4) is 0 Å². The number of hydrogen-bond acceptors (Lipinski definition) is 5. The Labute approximate surface area is 203 Å². The Kier molecular flexibility index (Phi) is 8.51. The van der Waals surface area contributed by atoms with Gasteiger partial charge in [-0.1, -0.05) is 70.3 Å². The van der Waals surface area contributed by atoms with Crippen LogP contribution in [0.25, 0.3) is 0 Å². The molecular formula is C20H16Cl4N4O2S. The van der Waals surface area contributed by atoms with Gasteiger partial charge in [-0.15, -0.1) is 16.8 Å². The smallest absolute Gasteiger partial charge is 0.234 e. The van der Waals surface area contributed by atoms with Crippen LogP contribution >= 0.6 is 58.2 Å². The Balaban J connectivity index is 1.65. The van der Waals surface area contributed by atoms with Crippen molar-refractivity contribution >= 4 is 69.8 Å². The van der Waals surface area contributed by atoms with Gasteiger partial charge in [0.25, 0.3) is 0 Å². The molecule has 1 N–H and O–H groups in total. The maximum absolute atomic E-state index is 12.4. The molecule has 31 heavy (non-hydrogen) atoms. The fourth-order valence-corrected chi connectivity index (χ4v) is 4.22. The number of nitrogens with zero attached hydrogens (tertiary/aromatic N) is 3. The van der Waals surface area contributed by atoms with Crippen molar-refractivity contribution in [1.82, 2.24) is 14.8 Å². The quantitative estimate of drug-likeness (QED) is 0.263. The number of carbonyl (C=O) groups is 1. The molecule has 0 aliphatic heterocycles. The molecule has 0 fully saturated rings. The molecule has 0 aliphatic rings. The van der Waals surface area contributed by atoms with E-state index in [2.05, 4.69) is 22.1 Å². The van der Waals surface area contributed by atoms with Crippen LogP contribution in [0.5, 0.6) is 5.75 Å². The monoisotopic (exact) mass is 516 g/mol. The number of rotatable bonds is 9. The summed E-state index contributed by atoms with van der Waals surface area (Å²) in [6.45, 7) is 4.33. The number of carbonyl (C=O) groups excluding carboxylic acids is 1. The second-order valence-electron chi connectivity index (χ2n) is 6.10. The summed E-state index contributed by atoms with van der Waals surface area (Å²) in [5.41, 5.74) is 0.373. The van der Waals surface area contributed by atoms with Crippen molar-refractivity contribution in [1.29, 1.82) is 0 Å². The molecule has 1 aromatic heterocycles. The lowest BCUT2D eigenvalue weighted by Crippen LogP contribution is -2.15. The van der Waals surface area contributed by atoms with E-state index >= 15 is 0 Å². The van der Waals surface area contributed by atoms with E-state index in [9.17, 15) is 4.79 Å². The van der Waals surface area contributed by atoms with Gasteiger partial charge in [0.15, 0.2) is 11.0 Å². The van der Waals surface area contributed by atoms with Crippen LogP contribution < -0.4 is 10.1 Å². The number of anilines is 1. The van der Waals surface area contributed by atoms with Gasteiger partial charge in [-0.3, -0.25) is 9.36 Å². The first-order valence-corrected chi connectivity index (χ1v) is 11.4. The largest absolute Gasteiger partial charge is 0.484 e. The summed E-state index contributed by atoms with van der Waals surface area (Å²) in [6.07, 6.45) is 1.70. The lowest BCUT2D eigenvalue weighted by molar-refractivity contribution is -0.113. The maximum atomic E-state index is 12.4. The molecule has 6 nitrogen and oxygen atoms in total. The molecule has 1 amide bonds. The number of halogens is 4. The number of aromatic nitrogens is 3. The maximum Gasteiger partial charge on any atom is 0.234 e. The Morgan fingerprint density at radius 2 is 1.87 bits per heavy atom. The van der Waals surface area contributed by atoms with Crippen molar-refractivity contribution in [2.24, 2.45) is 0 Å². The highest BCUT2D eigenvalue weighted by Crippen LogP contribution is 2.30. The molecule has 1 heterocycles. The fourth-order valence-electron chi connectivity index (χ4n) is 2.50. The molecule has 2 aromatic carbocycles. The molecule has 0 spiro atoms. The topological polar surface area (TPSA) is 69.0 Å². The molecule has 0 saturated heterocycles. The Morgan fingerprint density at radius 1 is 1.13 bits per heavy atom. The average Bonchev–Trinajstić information content (AvgIpc) is 3.10. The SMILES string of the molecule is C=CCn1c(COc2ccc(Cl)cc2Cl)nnc1SCC(=O)Nc1c(Cl)cccc1Cl. The number of para-hydroxylation sites is 1. The average molecular weight is 518 g/mol. The second-order valence-corrected chi connectivity index (χ2v) is 8.70. The van der Waals surface area contributed by atoms with E-state index in [1.54, 1.807) is 47.0 Å². The first-order chi connectivity index (χ1) is 14.9. The number of thioether (sulfide) groups is 1. The number of hydrogen-bond donors (Lipinski definition) is 1. The van der Waals surface area contributed by atoms with E-state index in [0.717, 1.165) is 0 Å². The van der Waals surface area contributed by atoms with Crippen LogP contribution in [0.15, 0.2) is 54.2 Å². The molecule has 3 rings (SSSR count). The highest BCUT2D eigenvalue weighted by atomic mass is 35.5. The summed E-state index contributed by atoms with van der Waals surface area (Å²) in [5, 5.41) is 13.2. The lowest BCUT2D eigenvalue weighted by atomic mass is 10.3. The minimum Gasteiger partial charge on any atom is -0.484 e. The molecule has 3 aromatic rings. The number of benzene rings is 2. The molecule has 11 heteroatoms. The third-order valence-corrected chi connectivity index (χ3v) is 6.04. The van der Waals surface area contributed by atoms with E-state index in [1.165, 1.54) is 11.8 Å². The lowest BCUT2D eigenvalue weighted by Gasteiger charge is -2.11. The van der Waals surface area contributed by atoms with E-state index < -0.39 is 0 Å². The highest BCUT2D eigenvalue weighted by Gasteiger charge is 2.16. The first-order valence-electron chi connectivity index (χ1n) is 8.86. The van der Waals surface area contributed by atoms with Gasteiger partial charge in [-0.2, -0.15) is 0 Å². The third-order valence-electron chi connectivity index (χ3n) is 3.92. The molecule has 0 bridgehead atoms. The summed E-state index contributed by atoms with van der Waals surface area (Å²) in [7, 11) is 0. The molecule has 0 atom stereocenters. The Morgan fingerprint density at radius 3 is 2.55 bits per heavy atom. The summed E-state index contributed by atoms with van der Waals surface area (Å²) in [6, 6.07) is 9.96. The van der Waals surface area contributed by atoms with Gasteiger partial charge >= 0.3 is 0 Å². The van der Waals surface area contributed by atoms with Crippen molar-refractivity contribution in [3.8, 4) is 5.75 Å². The predicted molar refractivity (Wildman–Crippen MR) is 127 cm³/mol. The van der Waals surface area contributed by atoms with Crippen LogP contribution in [-0.4, -0.2) is 26.4 Å². The number of nitrogens with one attached hydrogen (secondary N) is 1. The van der Waals surface area contributed by atoms with Crippen LogP contribution in [-0.2, 0) is 17.9 Å². The fraction of sp³-hybridized carbons (Fsp3) is 0.150. The molecular weight excluding hydrogens is 502 g/mol. The van der Waals surface area contributed by atoms with Crippen LogP contribution in [0.2, 0.25) is 20.1 Å². The van der Waals surface area contributed by atoms with Crippen LogP contribution in [0.4, 0.5) is 5.69 Å². The Bertz CT molecular complexity index is 1090. The summed E-state index contributed by atoms with van der Waals surface area (Å²) < 4.78 is 7.55. The van der Waals surface area contributed by atoms with Crippen molar-refractivity contribution in [2.75, 3.05) is 11.1 Å². The van der Waals surface area contributed by atoms with E-state index in [-0.39, 0.29) is 18.3 Å². The van der Waals surface area contributed by atoms with Crippen molar-refractivity contribution in [3.63, 3.8) is 0 Å². The van der Waals surface area contributed by atoms with Crippen LogP contribution in [0.1, 0.15) is 5.82 Å². The zero-order valence-electron chi connectivity index (χ0n) is 15.9. The van der Waals surface area contributed by atoms with Gasteiger partial charge in [0.1, 0.15) is 12.4 Å². The van der Waals surface area contributed by atoms with Gasteiger partial charge in [0, 0.05) is 11.6 Å². The number of ether oxygens (including phenoxy) is 1. The zero-order chi connectivity index (χ0) is 22.4. The van der Waals surface area contributed by atoms with E-state index in [0.29, 0.717) is 49.1 Å². The summed E-state index contributed by atoms with van der Waals surface area (Å²) in [5.74, 6) is 0.840. The standard InChI is InChI=1S/C20H16Cl4N4O2S/c1-2-8-28-17(10-30-16-7-6-12(21)9-15(16)24)26-27-20(28)31-11-18(29)25-19-13(22)4-3-5-14(19)23/h2-7,9H,1,8,10-11H2,(H,25,29). The van der Waals surface area contributed by atoms with Crippen molar-refractivity contribution < 1.29 is 9.53 Å². The van der Waals surface area contributed by atoms with Gasteiger partial charge in [0.05, 0.1) is 26.5 Å². The minimum atomic E-state index is -0.279. The third kappa shape index (κ3) is 6.30. The first kappa shape index (κ1) is 23.8. The van der Waals surface area contributed by atoms with Gasteiger partial charge in [0.2, 0.25) is 5.91 Å². The molecule has 0 saturated carbocycles.